The summed E-state index contributed by atoms with van der Waals surface area (Å²) in [5, 5.41) is 24.9. The Morgan fingerprint density at radius 3 is 2.52 bits per heavy atom. The van der Waals surface area contributed by atoms with Crippen molar-refractivity contribution in [3.8, 4) is 17.8 Å². The molecule has 0 spiro atoms. The van der Waals surface area contributed by atoms with Gasteiger partial charge in [-0.3, -0.25) is 5.43 Å². The third kappa shape index (κ3) is 3.78. The molecule has 6 nitrogen and oxygen atoms in total. The normalized spacial score (nSPS) is 10.5. The van der Waals surface area contributed by atoms with Gasteiger partial charge in [-0.1, -0.05) is 11.6 Å². The van der Waals surface area contributed by atoms with Crippen molar-refractivity contribution in [2.24, 2.45) is 5.10 Å². The molecule has 0 bridgehead atoms. The molecule has 0 aliphatic heterocycles. The second kappa shape index (κ2) is 6.38. The summed E-state index contributed by atoms with van der Waals surface area (Å²) in [4.78, 5) is 0. The fourth-order valence-corrected chi connectivity index (χ4v) is 1.76. The van der Waals surface area contributed by atoms with Crippen LogP contribution in [0, 0.1) is 22.7 Å². The number of hydrogen-bond donors (Lipinski definition) is 1. The summed E-state index contributed by atoms with van der Waals surface area (Å²) in [7, 11) is 0. The molecule has 0 radical (unpaired) electrons. The minimum Gasteiger partial charge on any atom is -0.274 e. The van der Waals surface area contributed by atoms with Gasteiger partial charge < -0.3 is 0 Å². The Bertz CT molecular complexity index is 825. The first-order valence-electron chi connectivity index (χ1n) is 5.91. The van der Waals surface area contributed by atoms with Crippen molar-refractivity contribution >= 4 is 23.0 Å². The molecule has 0 aliphatic rings. The molecule has 2 aromatic rings. The highest BCUT2D eigenvalue weighted by atomic mass is 35.5. The number of alkyl halides is 3. The van der Waals surface area contributed by atoms with Gasteiger partial charge in [-0.25, -0.2) is 4.68 Å². The molecule has 0 amide bonds. The summed E-state index contributed by atoms with van der Waals surface area (Å²) < 4.78 is 39.7. The highest BCUT2D eigenvalue weighted by molar-refractivity contribution is 6.30. The van der Waals surface area contributed by atoms with Gasteiger partial charge in [0.15, 0.2) is 0 Å². The minimum absolute atomic E-state index is 0.0948. The van der Waals surface area contributed by atoms with Gasteiger partial charge in [0, 0.05) is 6.20 Å². The van der Waals surface area contributed by atoms with Crippen LogP contribution < -0.4 is 5.43 Å². The molecule has 0 unspecified atom stereocenters. The summed E-state index contributed by atoms with van der Waals surface area (Å²) in [6.45, 7) is 0. The maximum atomic E-state index is 12.8. The quantitative estimate of drug-likeness (QED) is 0.686. The van der Waals surface area contributed by atoms with Crippen molar-refractivity contribution < 1.29 is 13.2 Å². The highest BCUT2D eigenvalue weighted by Gasteiger charge is 2.31. The summed E-state index contributed by atoms with van der Waals surface area (Å²) >= 11 is 5.74. The van der Waals surface area contributed by atoms with Gasteiger partial charge >= 0.3 is 6.18 Å². The molecule has 2 rings (SSSR count). The first-order valence-corrected chi connectivity index (χ1v) is 6.28. The van der Waals surface area contributed by atoms with E-state index in [4.69, 9.17) is 22.1 Å². The number of halogens is 4. The number of benzene rings is 1. The second-order valence-corrected chi connectivity index (χ2v) is 4.57. The zero-order valence-electron chi connectivity index (χ0n) is 11.1. The van der Waals surface area contributed by atoms with Gasteiger partial charge in [0.1, 0.15) is 12.1 Å². The lowest BCUT2D eigenvalue weighted by Gasteiger charge is -2.13. The van der Waals surface area contributed by atoms with Gasteiger partial charge in [0.05, 0.1) is 28.2 Å². The van der Waals surface area contributed by atoms with Crippen molar-refractivity contribution in [3.05, 3.63) is 41.2 Å². The molecule has 1 aromatic heterocycles. The summed E-state index contributed by atoms with van der Waals surface area (Å²) in [5.41, 5.74) is 0.933. The maximum Gasteiger partial charge on any atom is 0.416 e. The molecule has 0 atom stereocenters. The molecule has 23 heavy (non-hydrogen) atoms. The molecule has 116 valence electrons. The Morgan fingerprint density at radius 1 is 1.30 bits per heavy atom. The topological polar surface area (TPSA) is 89.8 Å². The Balaban J connectivity index is 2.52. The lowest BCUT2D eigenvalue weighted by molar-refractivity contribution is -0.137. The number of anilines is 1. The SMILES string of the molecule is N#CC(C#N)=NNc1cc(C(F)(F)F)ccc1-n1cc(Cl)cn1. The number of rotatable bonds is 3. The zero-order chi connectivity index (χ0) is 17.0. The molecule has 1 heterocycles. The monoisotopic (exact) mass is 338 g/mol. The Morgan fingerprint density at radius 2 is 2.00 bits per heavy atom. The van der Waals surface area contributed by atoms with E-state index < -0.39 is 17.5 Å². The molecule has 0 aliphatic carbocycles. The molecule has 10 heteroatoms. The van der Waals surface area contributed by atoms with E-state index in [0.29, 0.717) is 0 Å². The van der Waals surface area contributed by atoms with Gasteiger partial charge in [0.25, 0.3) is 0 Å². The van der Waals surface area contributed by atoms with Crippen LogP contribution in [0.4, 0.5) is 18.9 Å². The fourth-order valence-electron chi connectivity index (χ4n) is 1.63. The predicted octanol–water partition coefficient (Wildman–Crippen LogP) is 3.36. The fraction of sp³-hybridized carbons (Fsp3) is 0.0769. The summed E-state index contributed by atoms with van der Waals surface area (Å²) in [6, 6.07) is 5.81. The van der Waals surface area contributed by atoms with Crippen molar-refractivity contribution in [2.75, 3.05) is 5.43 Å². The first-order chi connectivity index (χ1) is 10.8. The zero-order valence-corrected chi connectivity index (χ0v) is 11.9. The van der Waals surface area contributed by atoms with E-state index in [0.717, 1.165) is 12.1 Å². The van der Waals surface area contributed by atoms with Crippen LogP contribution >= 0.6 is 11.6 Å². The Kier molecular flexibility index (Phi) is 4.53. The Labute approximate surface area is 133 Å². The van der Waals surface area contributed by atoms with E-state index in [9.17, 15) is 13.2 Å². The maximum absolute atomic E-state index is 12.8. The van der Waals surface area contributed by atoms with Crippen molar-refractivity contribution in [1.29, 1.82) is 10.5 Å². The van der Waals surface area contributed by atoms with Gasteiger partial charge in [0.2, 0.25) is 5.71 Å². The van der Waals surface area contributed by atoms with Crippen molar-refractivity contribution in [1.82, 2.24) is 9.78 Å². The molecular weight excluding hydrogens is 333 g/mol. The number of nitrogens with zero attached hydrogens (tertiary/aromatic N) is 5. The van der Waals surface area contributed by atoms with E-state index in [1.165, 1.54) is 35.3 Å². The van der Waals surface area contributed by atoms with Crippen LogP contribution in [0.5, 0.6) is 0 Å². The number of hydrazone groups is 1. The smallest absolute Gasteiger partial charge is 0.274 e. The molecule has 0 saturated heterocycles. The third-order valence-corrected chi connectivity index (χ3v) is 2.82. The molecule has 0 saturated carbocycles. The van der Waals surface area contributed by atoms with Gasteiger partial charge in [-0.05, 0) is 18.2 Å². The van der Waals surface area contributed by atoms with Gasteiger partial charge in [-0.15, -0.1) is 0 Å². The van der Waals surface area contributed by atoms with Crippen LogP contribution in [0.25, 0.3) is 5.69 Å². The average molecular weight is 339 g/mol. The summed E-state index contributed by atoms with van der Waals surface area (Å²) in [6.07, 6.45) is -1.87. The number of aromatic nitrogens is 2. The van der Waals surface area contributed by atoms with Crippen molar-refractivity contribution in [2.45, 2.75) is 6.18 Å². The standard InChI is InChI=1S/C13H6ClF3N6/c14-9-6-20-23(7-9)12-2-1-8(13(15,16)17)3-11(12)22-21-10(4-18)5-19/h1-3,6-7,22H. The van der Waals surface area contributed by atoms with Gasteiger partial charge in [-0.2, -0.15) is 33.9 Å². The van der Waals surface area contributed by atoms with E-state index in [1.54, 1.807) is 0 Å². The lowest BCUT2D eigenvalue weighted by Crippen LogP contribution is -2.08. The van der Waals surface area contributed by atoms with E-state index in [1.807, 2.05) is 0 Å². The van der Waals surface area contributed by atoms with Crippen molar-refractivity contribution in [3.63, 3.8) is 0 Å². The molecule has 1 aromatic carbocycles. The molecule has 1 N–H and O–H groups in total. The number of hydrogen-bond acceptors (Lipinski definition) is 5. The van der Waals surface area contributed by atoms with E-state index in [-0.39, 0.29) is 16.4 Å². The second-order valence-electron chi connectivity index (χ2n) is 4.13. The lowest BCUT2D eigenvalue weighted by atomic mass is 10.1. The largest absolute Gasteiger partial charge is 0.416 e. The Hall–Kier alpha value is -3.04. The van der Waals surface area contributed by atoms with Crippen LogP contribution in [0.15, 0.2) is 35.7 Å². The van der Waals surface area contributed by atoms with Crippen LogP contribution in [0.1, 0.15) is 5.56 Å². The molecular formula is C13H6ClF3N6. The number of nitrogens with one attached hydrogen (secondary N) is 1. The average Bonchev–Trinajstić information content (AvgIpc) is 2.93. The minimum atomic E-state index is -4.56. The van der Waals surface area contributed by atoms with E-state index >= 15 is 0 Å². The van der Waals surface area contributed by atoms with Crippen LogP contribution in [0.3, 0.4) is 0 Å². The summed E-state index contributed by atoms with van der Waals surface area (Å²) in [5.74, 6) is 0. The highest BCUT2D eigenvalue weighted by Crippen LogP contribution is 2.33. The van der Waals surface area contributed by atoms with Crippen LogP contribution in [-0.2, 0) is 6.18 Å². The van der Waals surface area contributed by atoms with Crippen LogP contribution in [0.2, 0.25) is 5.02 Å². The first kappa shape index (κ1) is 16.3. The van der Waals surface area contributed by atoms with Crippen LogP contribution in [-0.4, -0.2) is 15.5 Å². The third-order valence-electron chi connectivity index (χ3n) is 2.62. The van der Waals surface area contributed by atoms with E-state index in [2.05, 4.69) is 15.6 Å². The molecule has 0 fully saturated rings. The predicted molar refractivity (Wildman–Crippen MR) is 75.9 cm³/mol. The number of nitriles is 2.